The van der Waals surface area contributed by atoms with Crippen LogP contribution in [0.2, 0.25) is 0 Å². The lowest BCUT2D eigenvalue weighted by atomic mass is 9.74. The van der Waals surface area contributed by atoms with Crippen LogP contribution in [-0.4, -0.2) is 31.9 Å². The number of aromatic nitrogens is 3. The van der Waals surface area contributed by atoms with Gasteiger partial charge in [0.15, 0.2) is 11.5 Å². The predicted octanol–water partition coefficient (Wildman–Crippen LogP) is 2.32. The van der Waals surface area contributed by atoms with Crippen molar-refractivity contribution in [3.63, 3.8) is 0 Å². The van der Waals surface area contributed by atoms with Gasteiger partial charge in [0.05, 0.1) is 12.2 Å². The Kier molecular flexibility index (Phi) is 3.23. The van der Waals surface area contributed by atoms with E-state index >= 15 is 0 Å². The fourth-order valence-corrected chi connectivity index (χ4v) is 2.95. The average Bonchev–Trinajstić information content (AvgIpc) is 2.81. The molecule has 1 unspecified atom stereocenters. The molecule has 1 fully saturated rings. The number of nitrogens with zero attached hydrogens (tertiary/aromatic N) is 4. The van der Waals surface area contributed by atoms with Crippen LogP contribution in [0.1, 0.15) is 36.2 Å². The van der Waals surface area contributed by atoms with Gasteiger partial charge in [-0.15, -0.1) is 0 Å². The number of halogens is 2. The molecule has 0 spiro atoms. The highest BCUT2D eigenvalue weighted by atomic mass is 19.1. The van der Waals surface area contributed by atoms with Crippen molar-refractivity contribution in [3.05, 3.63) is 47.8 Å². The van der Waals surface area contributed by atoms with Gasteiger partial charge in [-0.25, -0.2) is 18.7 Å². The predicted molar refractivity (Wildman–Crippen MR) is 74.9 cm³/mol. The number of rotatable bonds is 2. The molecule has 22 heavy (non-hydrogen) atoms. The van der Waals surface area contributed by atoms with Gasteiger partial charge in [0.1, 0.15) is 11.6 Å². The van der Waals surface area contributed by atoms with Gasteiger partial charge in [-0.05, 0) is 0 Å². The van der Waals surface area contributed by atoms with Crippen molar-refractivity contribution in [2.75, 3.05) is 6.54 Å². The minimum absolute atomic E-state index is 0.175. The largest absolute Gasteiger partial charge is 0.336 e. The maximum Gasteiger partial charge on any atom is 0.276 e. The molecule has 1 atom stereocenters. The molecule has 3 heterocycles. The smallest absolute Gasteiger partial charge is 0.276 e. The fraction of sp³-hybridized carbons (Fsp3) is 0.400. The van der Waals surface area contributed by atoms with Gasteiger partial charge < -0.3 is 9.47 Å². The van der Waals surface area contributed by atoms with E-state index in [2.05, 4.69) is 9.97 Å². The van der Waals surface area contributed by atoms with Gasteiger partial charge in [0.2, 0.25) is 0 Å². The van der Waals surface area contributed by atoms with E-state index in [4.69, 9.17) is 0 Å². The maximum absolute atomic E-state index is 13.8. The third-order valence-electron chi connectivity index (χ3n) is 4.00. The fourth-order valence-electron chi connectivity index (χ4n) is 2.95. The summed E-state index contributed by atoms with van der Waals surface area (Å²) in [7, 11) is 1.84. The first kappa shape index (κ1) is 14.6. The molecule has 1 aliphatic rings. The van der Waals surface area contributed by atoms with Crippen molar-refractivity contribution in [2.45, 2.75) is 19.9 Å². The van der Waals surface area contributed by atoms with Crippen molar-refractivity contribution in [2.24, 2.45) is 12.5 Å². The Balaban J connectivity index is 1.94. The summed E-state index contributed by atoms with van der Waals surface area (Å²) < 4.78 is 28.6. The third kappa shape index (κ3) is 2.17. The molecule has 1 saturated heterocycles. The monoisotopic (exact) mass is 306 g/mol. The Morgan fingerprint density at radius 1 is 1.36 bits per heavy atom. The second kappa shape index (κ2) is 4.86. The van der Waals surface area contributed by atoms with Crippen molar-refractivity contribution >= 4 is 5.91 Å². The molecule has 1 aliphatic heterocycles. The number of aryl methyl sites for hydroxylation is 1. The first-order valence-electron chi connectivity index (χ1n) is 6.90. The first-order chi connectivity index (χ1) is 10.3. The average molecular weight is 306 g/mol. The lowest BCUT2D eigenvalue weighted by Gasteiger charge is -2.53. The number of hydrogen-bond donors (Lipinski definition) is 0. The van der Waals surface area contributed by atoms with Gasteiger partial charge in [-0.3, -0.25) is 4.79 Å². The molecule has 0 saturated carbocycles. The summed E-state index contributed by atoms with van der Waals surface area (Å²) in [6.07, 6.45) is 4.29. The highest BCUT2D eigenvalue weighted by molar-refractivity contribution is 5.93. The van der Waals surface area contributed by atoms with Crippen molar-refractivity contribution in [1.82, 2.24) is 19.4 Å². The van der Waals surface area contributed by atoms with Gasteiger partial charge in [0.25, 0.3) is 5.91 Å². The van der Waals surface area contributed by atoms with Crippen molar-refractivity contribution < 1.29 is 13.6 Å². The molecule has 116 valence electrons. The molecule has 7 heteroatoms. The Hall–Kier alpha value is -2.31. The van der Waals surface area contributed by atoms with Crippen LogP contribution < -0.4 is 0 Å². The van der Waals surface area contributed by atoms with E-state index < -0.39 is 17.5 Å². The van der Waals surface area contributed by atoms with Gasteiger partial charge in [-0.1, -0.05) is 13.8 Å². The van der Waals surface area contributed by atoms with E-state index in [9.17, 15) is 13.6 Å². The van der Waals surface area contributed by atoms with E-state index in [0.717, 1.165) is 12.0 Å². The van der Waals surface area contributed by atoms with Crippen LogP contribution in [0.15, 0.2) is 24.7 Å². The number of carbonyl (C=O) groups is 1. The minimum atomic E-state index is -0.951. The number of carbonyl (C=O) groups excluding carboxylic acids is 1. The van der Waals surface area contributed by atoms with E-state index in [0.29, 0.717) is 12.6 Å². The number of likely N-dealkylation sites (tertiary alicyclic amines) is 1. The number of imidazole rings is 1. The standard InChI is InChI=1S/C15H16F2N4O/c1-15(2)8-21(12(15)13-18-4-5-20(13)3)14(22)11-10(17)6-9(16)7-19-11/h4-7,12H,8H2,1-3H3. The maximum atomic E-state index is 13.8. The molecule has 0 aromatic carbocycles. The normalized spacial score (nSPS) is 19.9. The SMILES string of the molecule is Cn1ccnc1C1N(C(=O)c2ncc(F)cc2F)CC1(C)C. The number of hydrogen-bond acceptors (Lipinski definition) is 3. The Labute approximate surface area is 126 Å². The van der Waals surface area contributed by atoms with E-state index in [1.54, 1.807) is 12.4 Å². The highest BCUT2D eigenvalue weighted by Crippen LogP contribution is 2.48. The molecule has 3 rings (SSSR count). The van der Waals surface area contributed by atoms with Crippen LogP contribution in [-0.2, 0) is 7.05 Å². The summed E-state index contributed by atoms with van der Waals surface area (Å²) in [5, 5.41) is 0. The Morgan fingerprint density at radius 2 is 2.09 bits per heavy atom. The summed E-state index contributed by atoms with van der Waals surface area (Å²) in [6, 6.07) is 0.396. The molecular formula is C15H16F2N4O. The van der Waals surface area contributed by atoms with Crippen molar-refractivity contribution in [3.8, 4) is 0 Å². The molecule has 0 bridgehead atoms. The van der Waals surface area contributed by atoms with E-state index in [1.165, 1.54) is 4.90 Å². The lowest BCUT2D eigenvalue weighted by Crippen LogP contribution is -2.58. The van der Waals surface area contributed by atoms with Gasteiger partial charge in [0, 0.05) is 37.5 Å². The Bertz CT molecular complexity index is 741. The van der Waals surface area contributed by atoms with Crippen LogP contribution >= 0.6 is 0 Å². The lowest BCUT2D eigenvalue weighted by molar-refractivity contribution is -0.0381. The summed E-state index contributed by atoms with van der Waals surface area (Å²) in [4.78, 5) is 21.9. The van der Waals surface area contributed by atoms with Gasteiger partial charge in [-0.2, -0.15) is 0 Å². The second-order valence-corrected chi connectivity index (χ2v) is 6.20. The van der Waals surface area contributed by atoms with E-state index in [1.807, 2.05) is 25.5 Å². The Morgan fingerprint density at radius 3 is 2.64 bits per heavy atom. The molecule has 0 aliphatic carbocycles. The highest BCUT2D eigenvalue weighted by Gasteiger charge is 2.51. The minimum Gasteiger partial charge on any atom is -0.336 e. The summed E-state index contributed by atoms with van der Waals surface area (Å²) in [6.45, 7) is 4.50. The summed E-state index contributed by atoms with van der Waals surface area (Å²) in [5.74, 6) is -1.58. The molecule has 0 radical (unpaired) electrons. The summed E-state index contributed by atoms with van der Waals surface area (Å²) >= 11 is 0. The first-order valence-corrected chi connectivity index (χ1v) is 6.90. The number of pyridine rings is 1. The molecule has 2 aromatic rings. The van der Waals surface area contributed by atoms with Crippen molar-refractivity contribution in [1.29, 1.82) is 0 Å². The summed E-state index contributed by atoms with van der Waals surface area (Å²) in [5.41, 5.74) is -0.540. The molecule has 5 nitrogen and oxygen atoms in total. The molecular weight excluding hydrogens is 290 g/mol. The van der Waals surface area contributed by atoms with Crippen LogP contribution in [0, 0.1) is 17.0 Å². The quantitative estimate of drug-likeness (QED) is 0.855. The number of amides is 1. The van der Waals surface area contributed by atoms with Crippen LogP contribution in [0.3, 0.4) is 0 Å². The topological polar surface area (TPSA) is 51.0 Å². The molecule has 0 N–H and O–H groups in total. The zero-order chi connectivity index (χ0) is 16.1. The van der Waals surface area contributed by atoms with E-state index in [-0.39, 0.29) is 17.2 Å². The zero-order valence-corrected chi connectivity index (χ0v) is 12.5. The van der Waals surface area contributed by atoms with Gasteiger partial charge >= 0.3 is 0 Å². The zero-order valence-electron chi connectivity index (χ0n) is 12.5. The molecule has 2 aromatic heterocycles. The van der Waals surface area contributed by atoms with Crippen LogP contribution in [0.5, 0.6) is 0 Å². The third-order valence-corrected chi connectivity index (χ3v) is 4.00. The van der Waals surface area contributed by atoms with Crippen LogP contribution in [0.25, 0.3) is 0 Å². The second-order valence-electron chi connectivity index (χ2n) is 6.20. The molecule has 1 amide bonds. The van der Waals surface area contributed by atoms with Crippen LogP contribution in [0.4, 0.5) is 8.78 Å².